The van der Waals surface area contributed by atoms with Gasteiger partial charge in [0, 0.05) is 45.7 Å². The zero-order valence-electron chi connectivity index (χ0n) is 14.0. The normalized spacial score (nSPS) is 15.0. The Morgan fingerprint density at radius 2 is 2.27 bits per heavy atom. The molecule has 0 amide bonds. The number of nitrogens with two attached hydrogens (primary N) is 1. The number of aromatic nitrogens is 1. The Morgan fingerprint density at radius 1 is 1.42 bits per heavy atom. The van der Waals surface area contributed by atoms with Crippen molar-refractivity contribution in [1.82, 2.24) is 10.1 Å². The third kappa shape index (κ3) is 4.86. The van der Waals surface area contributed by atoms with E-state index in [0.717, 1.165) is 21.7 Å². The van der Waals surface area contributed by atoms with E-state index in [0.29, 0.717) is 23.3 Å². The van der Waals surface area contributed by atoms with Crippen LogP contribution in [-0.2, 0) is 0 Å². The molecule has 1 aromatic carbocycles. The quantitative estimate of drug-likeness (QED) is 0.112. The Morgan fingerprint density at radius 3 is 2.92 bits per heavy atom. The van der Waals surface area contributed by atoms with Crippen LogP contribution in [0.5, 0.6) is 0 Å². The van der Waals surface area contributed by atoms with E-state index in [1.807, 2.05) is 48.3 Å². The molecule has 1 unspecified atom stereocenters. The second kappa shape index (κ2) is 9.53. The fourth-order valence-corrected chi connectivity index (χ4v) is 4.85. The number of nitrogens with zero attached hydrogens (tertiary/aromatic N) is 2. The number of amidine groups is 1. The number of hydrogen-bond donors (Lipinski definition) is 4. The molecule has 1 aliphatic rings. The van der Waals surface area contributed by atoms with Gasteiger partial charge in [-0.15, -0.1) is 11.8 Å². The van der Waals surface area contributed by atoms with Crippen molar-refractivity contribution in [2.45, 2.75) is 29.4 Å². The number of rotatable bonds is 7. The molecule has 9 heteroatoms. The van der Waals surface area contributed by atoms with Crippen molar-refractivity contribution in [3.05, 3.63) is 47.7 Å². The van der Waals surface area contributed by atoms with E-state index >= 15 is 0 Å². The van der Waals surface area contributed by atoms with Crippen LogP contribution in [0.25, 0.3) is 0 Å². The maximum atomic E-state index is 7.72. The van der Waals surface area contributed by atoms with Crippen molar-refractivity contribution >= 4 is 63.7 Å². The second-order valence-electron chi connectivity index (χ2n) is 5.83. The minimum Gasteiger partial charge on any atom is -0.341 e. The van der Waals surface area contributed by atoms with Crippen LogP contribution < -0.4 is 16.2 Å². The fraction of sp³-hybridized carbons (Fsp3) is 0.235. The average molecular weight is 498 g/mol. The fourth-order valence-electron chi connectivity index (χ4n) is 2.53. The van der Waals surface area contributed by atoms with Crippen LogP contribution in [0.1, 0.15) is 30.4 Å². The van der Waals surface area contributed by atoms with E-state index in [4.69, 9.17) is 11.3 Å². The van der Waals surface area contributed by atoms with E-state index in [9.17, 15) is 0 Å². The van der Waals surface area contributed by atoms with Crippen molar-refractivity contribution in [2.75, 3.05) is 5.32 Å². The number of benzene rings is 1. The summed E-state index contributed by atoms with van der Waals surface area (Å²) in [6.07, 6.45) is 7.57. The minimum absolute atomic E-state index is 0.484. The number of hydrogen-bond acceptors (Lipinski definition) is 6. The lowest BCUT2D eigenvalue weighted by Crippen LogP contribution is -2.17. The summed E-state index contributed by atoms with van der Waals surface area (Å²) in [5, 5.41) is 18.7. The first-order valence-corrected chi connectivity index (χ1v) is 13.2. The summed E-state index contributed by atoms with van der Waals surface area (Å²) in [6.45, 7) is 0. The Balaban J connectivity index is 1.78. The molecule has 5 N–H and O–H groups in total. The van der Waals surface area contributed by atoms with Crippen LogP contribution in [0.3, 0.4) is 0 Å². The van der Waals surface area contributed by atoms with Gasteiger partial charge in [-0.3, -0.25) is 0 Å². The van der Waals surface area contributed by atoms with Crippen LogP contribution in [-0.4, -0.2) is 22.3 Å². The van der Waals surface area contributed by atoms with Crippen molar-refractivity contribution in [3.63, 3.8) is 0 Å². The molecular weight excluding hydrogens is 478 g/mol. The summed E-state index contributed by atoms with van der Waals surface area (Å²) in [4.78, 5) is 5.66. The molecule has 0 saturated heterocycles. The highest BCUT2D eigenvalue weighted by Gasteiger charge is 2.19. The first-order valence-electron chi connectivity index (χ1n) is 8.17. The molecule has 1 atom stereocenters. The van der Waals surface area contributed by atoms with Crippen LogP contribution in [0, 0.1) is 5.41 Å². The van der Waals surface area contributed by atoms with E-state index in [1.54, 1.807) is 0 Å². The van der Waals surface area contributed by atoms with Crippen molar-refractivity contribution in [2.24, 2.45) is 10.9 Å². The van der Waals surface area contributed by atoms with Gasteiger partial charge >= 0.3 is 0 Å². The maximum Gasteiger partial charge on any atom is 0.156 e. The standard InChI is InChI=1S/C17H20IN6PS/c18-25-24-17(23-20)11-3-1-4-13(7-11)22-16-12(9-19)8-15(10-21-16)26-14-5-2-6-14/h1,3-4,7-10,14,19,25H,2,5-6,20H2,(H,21,22)(H,23,24). The van der Waals surface area contributed by atoms with Gasteiger partial charge in [0.05, 0.1) is 0 Å². The van der Waals surface area contributed by atoms with E-state index in [-0.39, 0.29) is 0 Å². The number of pyridine rings is 1. The first-order chi connectivity index (χ1) is 12.7. The third-order valence-electron chi connectivity index (χ3n) is 4.10. The van der Waals surface area contributed by atoms with Gasteiger partial charge in [0.15, 0.2) is 5.84 Å². The molecule has 136 valence electrons. The molecule has 0 aliphatic heterocycles. The summed E-state index contributed by atoms with van der Waals surface area (Å²) >= 11 is 4.09. The Bertz CT molecular complexity index is 812. The molecule has 0 bridgehead atoms. The van der Waals surface area contributed by atoms with Gasteiger partial charge in [0.25, 0.3) is 0 Å². The molecule has 6 nitrogen and oxygen atoms in total. The largest absolute Gasteiger partial charge is 0.341 e. The zero-order chi connectivity index (χ0) is 18.4. The Kier molecular flexibility index (Phi) is 7.10. The molecule has 1 fully saturated rings. The summed E-state index contributed by atoms with van der Waals surface area (Å²) in [7, 11) is 0. The van der Waals surface area contributed by atoms with Gasteiger partial charge in [-0.1, -0.05) is 18.6 Å². The summed E-state index contributed by atoms with van der Waals surface area (Å²) in [5.41, 5.74) is 2.55. The summed E-state index contributed by atoms with van der Waals surface area (Å²) in [6, 6.07) is 9.83. The molecule has 1 heterocycles. The highest BCUT2D eigenvalue weighted by atomic mass is 127. The summed E-state index contributed by atoms with van der Waals surface area (Å²) in [5.74, 6) is 6.79. The number of nitrogens with one attached hydrogen (secondary N) is 3. The lowest BCUT2D eigenvalue weighted by Gasteiger charge is -2.24. The molecule has 1 saturated carbocycles. The van der Waals surface area contributed by atoms with Crippen LogP contribution in [0.2, 0.25) is 0 Å². The molecule has 2 aromatic rings. The average Bonchev–Trinajstić information content (AvgIpc) is 2.64. The third-order valence-corrected chi connectivity index (χ3v) is 6.54. The highest BCUT2D eigenvalue weighted by molar-refractivity contribution is 14.2. The smallest absolute Gasteiger partial charge is 0.156 e. The van der Waals surface area contributed by atoms with Gasteiger partial charge in [-0.2, -0.15) is 5.10 Å². The number of halogens is 1. The first kappa shape index (κ1) is 19.4. The monoisotopic (exact) mass is 498 g/mol. The maximum absolute atomic E-state index is 7.72. The Labute approximate surface area is 172 Å². The van der Waals surface area contributed by atoms with E-state index < -0.39 is 0 Å². The molecule has 0 radical (unpaired) electrons. The predicted octanol–water partition coefficient (Wildman–Crippen LogP) is 4.62. The van der Waals surface area contributed by atoms with Gasteiger partial charge in [0.1, 0.15) is 5.82 Å². The number of anilines is 2. The van der Waals surface area contributed by atoms with Gasteiger partial charge in [-0.05, 0) is 53.1 Å². The molecule has 26 heavy (non-hydrogen) atoms. The van der Waals surface area contributed by atoms with Crippen LogP contribution in [0.4, 0.5) is 11.5 Å². The van der Waals surface area contributed by atoms with Gasteiger partial charge in [-0.25, -0.2) is 4.98 Å². The lowest BCUT2D eigenvalue weighted by atomic mass is 10.0. The molecule has 1 aromatic heterocycles. The number of thioether (sulfide) groups is 1. The van der Waals surface area contributed by atoms with Gasteiger partial charge < -0.3 is 21.7 Å². The van der Waals surface area contributed by atoms with Crippen LogP contribution in [0.15, 0.2) is 46.5 Å². The van der Waals surface area contributed by atoms with Crippen molar-refractivity contribution in [3.8, 4) is 0 Å². The van der Waals surface area contributed by atoms with Gasteiger partial charge in [0.2, 0.25) is 0 Å². The molecule has 3 rings (SSSR count). The lowest BCUT2D eigenvalue weighted by molar-refractivity contribution is 0.522. The minimum atomic E-state index is 0.484. The van der Waals surface area contributed by atoms with Crippen LogP contribution >= 0.6 is 40.2 Å². The van der Waals surface area contributed by atoms with E-state index in [1.165, 1.54) is 25.5 Å². The second-order valence-corrected chi connectivity index (χ2v) is 9.26. The molecule has 0 spiro atoms. The topological polar surface area (TPSA) is 99.2 Å². The highest BCUT2D eigenvalue weighted by Crippen LogP contribution is 2.37. The Hall–Kier alpha value is -1.38. The summed E-state index contributed by atoms with van der Waals surface area (Å²) < 4.78 is 0. The van der Waals surface area contributed by atoms with Crippen molar-refractivity contribution < 1.29 is 0 Å². The number of hydrazone groups is 1. The molecule has 1 aliphatic carbocycles. The molecular formula is C17H20IN6PS. The van der Waals surface area contributed by atoms with Crippen molar-refractivity contribution in [1.29, 1.82) is 5.41 Å². The van der Waals surface area contributed by atoms with E-state index in [2.05, 4.69) is 42.5 Å². The SMILES string of the molecule is N=Cc1cc(SC2CCC2)cnc1Nc1cccc(/C(=N/N)NPI)c1. The predicted molar refractivity (Wildman–Crippen MR) is 122 cm³/mol. The zero-order valence-corrected chi connectivity index (χ0v) is 18.0.